The van der Waals surface area contributed by atoms with Crippen molar-refractivity contribution >= 4 is 5.69 Å². The van der Waals surface area contributed by atoms with Crippen LogP contribution in [0.4, 0.5) is 5.69 Å². The fourth-order valence-corrected chi connectivity index (χ4v) is 3.60. The Labute approximate surface area is 201 Å². The smallest absolute Gasteiger partial charge is 0.269 e. The maximum atomic E-state index is 10.5. The number of hydrogen-bond donors (Lipinski definition) is 2. The van der Waals surface area contributed by atoms with E-state index in [1.165, 1.54) is 25.0 Å². The average Bonchev–Trinajstić information content (AvgIpc) is 3.25. The van der Waals surface area contributed by atoms with Crippen LogP contribution >= 0.6 is 0 Å². The average molecular weight is 466 g/mol. The third kappa shape index (κ3) is 12.0. The summed E-state index contributed by atoms with van der Waals surface area (Å²) in [5, 5.41) is 12.4. The molecule has 0 amide bonds. The number of benzene rings is 1. The van der Waals surface area contributed by atoms with Crippen LogP contribution in [-0.4, -0.2) is 53.2 Å². The summed E-state index contributed by atoms with van der Waals surface area (Å²) >= 11 is 0. The molecule has 3 atom stereocenters. The van der Waals surface area contributed by atoms with E-state index < -0.39 is 0 Å². The van der Waals surface area contributed by atoms with Crippen molar-refractivity contribution in [1.29, 1.82) is 0 Å². The lowest BCUT2D eigenvalue weighted by atomic mass is 9.99. The molecule has 2 heterocycles. The topological polar surface area (TPSA) is 82.9 Å². The van der Waals surface area contributed by atoms with Crippen LogP contribution in [0.15, 0.2) is 36.2 Å². The summed E-state index contributed by atoms with van der Waals surface area (Å²) in [6.45, 7) is 18.5. The van der Waals surface area contributed by atoms with Crippen molar-refractivity contribution in [3.05, 3.63) is 51.8 Å². The lowest BCUT2D eigenvalue weighted by Crippen LogP contribution is -2.42. The van der Waals surface area contributed by atoms with Gasteiger partial charge >= 0.3 is 0 Å². The number of hydrogen-bond acceptors (Lipinski definition) is 7. The molecule has 1 aromatic carbocycles. The minimum atomic E-state index is -0.387. The van der Waals surface area contributed by atoms with Crippen molar-refractivity contribution in [3.63, 3.8) is 0 Å². The maximum Gasteiger partial charge on any atom is 0.269 e. The van der Waals surface area contributed by atoms with Gasteiger partial charge in [0, 0.05) is 36.6 Å². The molecule has 8 nitrogen and oxygen atoms in total. The summed E-state index contributed by atoms with van der Waals surface area (Å²) < 4.78 is 5.68. The Bertz CT molecular complexity index is 671. The second-order valence-corrected chi connectivity index (χ2v) is 7.87. The molecule has 0 spiro atoms. The van der Waals surface area contributed by atoms with Gasteiger partial charge in [-0.15, -0.1) is 5.53 Å². The first-order valence-corrected chi connectivity index (χ1v) is 12.3. The lowest BCUT2D eigenvalue weighted by Gasteiger charge is -2.37. The van der Waals surface area contributed by atoms with Crippen LogP contribution in [0.3, 0.4) is 0 Å². The molecule has 190 valence electrons. The number of ether oxygens (including phenoxy) is 1. The van der Waals surface area contributed by atoms with Gasteiger partial charge in [-0.05, 0) is 59.2 Å². The summed E-state index contributed by atoms with van der Waals surface area (Å²) in [5.74, 6) is 0. The highest BCUT2D eigenvalue weighted by Crippen LogP contribution is 2.22. The predicted molar refractivity (Wildman–Crippen MR) is 138 cm³/mol. The van der Waals surface area contributed by atoms with E-state index in [0.29, 0.717) is 12.2 Å². The largest absolute Gasteiger partial charge is 0.375 e. The van der Waals surface area contributed by atoms with E-state index in [4.69, 9.17) is 4.74 Å². The molecule has 0 aromatic heterocycles. The molecule has 2 N–H and O–H groups in total. The number of nitro benzene ring substituents is 1. The zero-order chi connectivity index (χ0) is 25.4. The van der Waals surface area contributed by atoms with E-state index in [0.717, 1.165) is 36.8 Å². The van der Waals surface area contributed by atoms with Gasteiger partial charge in [0.2, 0.25) is 0 Å². The van der Waals surface area contributed by atoms with Crippen molar-refractivity contribution in [1.82, 2.24) is 20.9 Å². The van der Waals surface area contributed by atoms with E-state index in [-0.39, 0.29) is 10.6 Å². The van der Waals surface area contributed by atoms with E-state index >= 15 is 0 Å². The summed E-state index contributed by atoms with van der Waals surface area (Å²) in [7, 11) is 2.20. The molecule has 3 rings (SSSR count). The number of nitrogens with zero attached hydrogens (tertiary/aromatic N) is 3. The first-order chi connectivity index (χ1) is 15.8. The summed E-state index contributed by atoms with van der Waals surface area (Å²) in [4.78, 5) is 12.5. The molecule has 2 unspecified atom stereocenters. The van der Waals surface area contributed by atoms with Gasteiger partial charge in [-0.3, -0.25) is 15.1 Å². The van der Waals surface area contributed by atoms with Crippen LogP contribution in [0, 0.1) is 10.1 Å². The highest BCUT2D eigenvalue weighted by molar-refractivity contribution is 5.32. The molecule has 0 saturated carbocycles. The van der Waals surface area contributed by atoms with Crippen molar-refractivity contribution in [2.75, 3.05) is 20.1 Å². The van der Waals surface area contributed by atoms with Crippen LogP contribution in [0.25, 0.3) is 0 Å². The minimum absolute atomic E-state index is 0.130. The number of nitro groups is 1. The lowest BCUT2D eigenvalue weighted by molar-refractivity contribution is -0.384. The molecule has 1 aromatic rings. The highest BCUT2D eigenvalue weighted by atomic mass is 16.6. The van der Waals surface area contributed by atoms with Crippen molar-refractivity contribution in [2.24, 2.45) is 0 Å². The van der Waals surface area contributed by atoms with Crippen LogP contribution in [-0.2, 0) is 11.2 Å². The second-order valence-electron chi connectivity index (χ2n) is 7.87. The molecule has 8 heteroatoms. The molecule has 0 bridgehead atoms. The Kier molecular flexibility index (Phi) is 16.2. The molecule has 0 aliphatic carbocycles. The normalized spacial score (nSPS) is 21.3. The van der Waals surface area contributed by atoms with Gasteiger partial charge in [-0.2, -0.15) is 0 Å². The molecule has 1 fully saturated rings. The van der Waals surface area contributed by atoms with Gasteiger partial charge in [0.05, 0.1) is 17.1 Å². The third-order valence-corrected chi connectivity index (χ3v) is 5.33. The molecular formula is C25H47N5O3. The quantitative estimate of drug-likeness (QED) is 0.437. The first kappa shape index (κ1) is 30.8. The van der Waals surface area contributed by atoms with Crippen molar-refractivity contribution in [3.8, 4) is 0 Å². The predicted octanol–water partition coefficient (Wildman–Crippen LogP) is 5.27. The van der Waals surface area contributed by atoms with Gasteiger partial charge < -0.3 is 15.1 Å². The SMILES string of the molecule is CC.CC.CC1=CN(CCc2ccc([N+](=O)[O-])cc2)NN1.CCN(C)C1CC(C)O[C@@H](C)C1. The van der Waals surface area contributed by atoms with E-state index in [1.807, 2.05) is 45.8 Å². The Morgan fingerprint density at radius 1 is 1.12 bits per heavy atom. The monoisotopic (exact) mass is 465 g/mol. The molecule has 1 saturated heterocycles. The number of non-ortho nitro benzene ring substituents is 1. The van der Waals surface area contributed by atoms with Crippen molar-refractivity contribution in [2.45, 2.75) is 92.9 Å². The van der Waals surface area contributed by atoms with Gasteiger partial charge in [-0.1, -0.05) is 46.8 Å². The number of hydrazine groups is 2. The van der Waals surface area contributed by atoms with Gasteiger partial charge in [0.1, 0.15) is 0 Å². The van der Waals surface area contributed by atoms with Gasteiger partial charge in [0.25, 0.3) is 5.69 Å². The number of nitrogens with one attached hydrogen (secondary N) is 2. The summed E-state index contributed by atoms with van der Waals surface area (Å²) in [6.07, 6.45) is 6.06. The fourth-order valence-electron chi connectivity index (χ4n) is 3.60. The Morgan fingerprint density at radius 2 is 1.67 bits per heavy atom. The Balaban J connectivity index is 0.000000564. The zero-order valence-electron chi connectivity index (χ0n) is 22.2. The Hall–Kier alpha value is -2.16. The molecule has 33 heavy (non-hydrogen) atoms. The van der Waals surface area contributed by atoms with Crippen LogP contribution in [0.1, 0.15) is 73.8 Å². The third-order valence-electron chi connectivity index (χ3n) is 5.33. The number of allylic oxidation sites excluding steroid dienone is 1. The highest BCUT2D eigenvalue weighted by Gasteiger charge is 2.26. The molecule has 2 aliphatic heterocycles. The first-order valence-electron chi connectivity index (χ1n) is 12.3. The second kappa shape index (κ2) is 17.3. The fraction of sp³-hybridized carbons (Fsp3) is 0.680. The van der Waals surface area contributed by atoms with Crippen LogP contribution in [0.2, 0.25) is 0 Å². The van der Waals surface area contributed by atoms with Crippen molar-refractivity contribution < 1.29 is 9.66 Å². The summed E-state index contributed by atoms with van der Waals surface area (Å²) in [5.41, 5.74) is 8.24. The van der Waals surface area contributed by atoms with Crippen LogP contribution in [0.5, 0.6) is 0 Å². The molecule has 2 aliphatic rings. The van der Waals surface area contributed by atoms with Gasteiger partial charge in [-0.25, -0.2) is 0 Å². The van der Waals surface area contributed by atoms with E-state index in [9.17, 15) is 10.1 Å². The zero-order valence-corrected chi connectivity index (χ0v) is 22.2. The molecular weight excluding hydrogens is 418 g/mol. The Morgan fingerprint density at radius 3 is 2.09 bits per heavy atom. The maximum absolute atomic E-state index is 10.5. The van der Waals surface area contributed by atoms with E-state index in [2.05, 4.69) is 43.7 Å². The standard InChI is InChI=1S/C11H14N4O2.C10H21NO.2C2H6/c1-9-8-14(13-12-9)7-6-10-2-4-11(5-3-10)15(16)17;1-5-11(4)10-6-8(2)12-9(3)7-10;2*1-2/h2-5,8,12-13H,6-7H2,1H3;8-10H,5-7H2,1-4H3;2*1-2H3/t;8-,9?,10?;;/m.0../s1. The minimum Gasteiger partial charge on any atom is -0.375 e. The number of rotatable bonds is 6. The van der Waals surface area contributed by atoms with E-state index in [1.54, 1.807) is 12.1 Å². The molecule has 0 radical (unpaired) electrons. The van der Waals surface area contributed by atoms with Crippen LogP contribution < -0.4 is 11.0 Å². The van der Waals surface area contributed by atoms with Gasteiger partial charge in [0.15, 0.2) is 0 Å². The summed E-state index contributed by atoms with van der Waals surface area (Å²) in [6, 6.07) is 7.38.